The van der Waals surface area contributed by atoms with Crippen LogP contribution >= 0.6 is 0 Å². The molecule has 1 aliphatic rings. The monoisotopic (exact) mass is 213 g/mol. The van der Waals surface area contributed by atoms with Gasteiger partial charge in [-0.05, 0) is 24.3 Å². The molecule has 1 unspecified atom stereocenters. The number of rotatable bonds is 3. The van der Waals surface area contributed by atoms with E-state index in [1.165, 1.54) is 5.56 Å². The van der Waals surface area contributed by atoms with Gasteiger partial charge < -0.3 is 4.90 Å². The molecule has 0 radical (unpaired) electrons. The average molecular weight is 213 g/mol. The molecule has 0 N–H and O–H groups in total. The van der Waals surface area contributed by atoms with Crippen LogP contribution in [0.15, 0.2) is 54.3 Å². The molecule has 0 bridgehead atoms. The van der Waals surface area contributed by atoms with Gasteiger partial charge in [0.1, 0.15) is 6.29 Å². The molecule has 0 aromatic heterocycles. The molecule has 2 rings (SSSR count). The third-order valence-corrected chi connectivity index (χ3v) is 2.89. The van der Waals surface area contributed by atoms with Gasteiger partial charge in [0.05, 0.1) is 6.04 Å². The van der Waals surface area contributed by atoms with E-state index in [1.54, 1.807) is 0 Å². The number of carbonyl (C=O) groups is 1. The lowest BCUT2D eigenvalue weighted by atomic mass is 9.97. The second-order valence-electron chi connectivity index (χ2n) is 4.00. The van der Waals surface area contributed by atoms with Crippen LogP contribution in [-0.4, -0.2) is 24.3 Å². The van der Waals surface area contributed by atoms with Crippen molar-refractivity contribution in [1.29, 1.82) is 0 Å². The van der Waals surface area contributed by atoms with E-state index in [1.807, 2.05) is 43.6 Å². The van der Waals surface area contributed by atoms with Gasteiger partial charge in [0, 0.05) is 12.6 Å². The topological polar surface area (TPSA) is 20.3 Å². The molecule has 0 spiro atoms. The minimum atomic E-state index is 0.157. The highest BCUT2D eigenvalue weighted by Crippen LogP contribution is 2.17. The standard InChI is InChI=1S/C14H15NO/c1-15-9-5-8-13(11-16)14(15)10-12-6-3-2-4-7-12/h2-9,11,14H,10H2,1H3. The van der Waals surface area contributed by atoms with Crippen molar-refractivity contribution in [2.75, 3.05) is 7.05 Å². The lowest BCUT2D eigenvalue weighted by Crippen LogP contribution is -2.33. The van der Waals surface area contributed by atoms with Crippen molar-refractivity contribution < 1.29 is 4.79 Å². The molecule has 1 aromatic rings. The Hall–Kier alpha value is -1.83. The van der Waals surface area contributed by atoms with Crippen molar-refractivity contribution in [3.63, 3.8) is 0 Å². The lowest BCUT2D eigenvalue weighted by Gasteiger charge is -2.29. The number of nitrogens with zero attached hydrogens (tertiary/aromatic N) is 1. The number of benzene rings is 1. The molecule has 0 saturated heterocycles. The summed E-state index contributed by atoms with van der Waals surface area (Å²) in [6.07, 6.45) is 7.62. The van der Waals surface area contributed by atoms with Gasteiger partial charge in [-0.2, -0.15) is 0 Å². The maximum atomic E-state index is 11.0. The molecular weight excluding hydrogens is 198 g/mol. The van der Waals surface area contributed by atoms with Gasteiger partial charge in [-0.25, -0.2) is 0 Å². The molecule has 1 heterocycles. The molecule has 0 fully saturated rings. The predicted octanol–water partition coefficient (Wildman–Crippen LogP) is 2.18. The Morgan fingerprint density at radius 1 is 1.31 bits per heavy atom. The number of likely N-dealkylation sites (N-methyl/N-ethyl adjacent to an activating group) is 1. The largest absolute Gasteiger partial charge is 0.373 e. The van der Waals surface area contributed by atoms with E-state index in [0.29, 0.717) is 0 Å². The SMILES string of the molecule is CN1C=CC=C(C=O)C1Cc1ccccc1. The first-order chi connectivity index (χ1) is 7.81. The number of allylic oxidation sites excluding steroid dienone is 2. The molecule has 0 saturated carbocycles. The Balaban J connectivity index is 2.17. The fraction of sp³-hybridized carbons (Fsp3) is 0.214. The number of aldehydes is 1. The maximum Gasteiger partial charge on any atom is 0.148 e. The molecule has 1 aliphatic heterocycles. The van der Waals surface area contributed by atoms with E-state index in [-0.39, 0.29) is 6.04 Å². The minimum absolute atomic E-state index is 0.157. The van der Waals surface area contributed by atoms with Gasteiger partial charge >= 0.3 is 0 Å². The quantitative estimate of drug-likeness (QED) is 0.717. The molecule has 0 aliphatic carbocycles. The van der Waals surface area contributed by atoms with E-state index in [9.17, 15) is 4.79 Å². The van der Waals surface area contributed by atoms with Crippen molar-refractivity contribution in [2.45, 2.75) is 12.5 Å². The summed E-state index contributed by atoms with van der Waals surface area (Å²) in [5.74, 6) is 0. The van der Waals surface area contributed by atoms with Crippen molar-refractivity contribution in [1.82, 2.24) is 4.90 Å². The first-order valence-corrected chi connectivity index (χ1v) is 5.40. The normalized spacial score (nSPS) is 19.4. The highest BCUT2D eigenvalue weighted by molar-refractivity contribution is 5.76. The van der Waals surface area contributed by atoms with Gasteiger partial charge in [-0.3, -0.25) is 4.79 Å². The Labute approximate surface area is 95.9 Å². The minimum Gasteiger partial charge on any atom is -0.373 e. The Kier molecular flexibility index (Phi) is 3.20. The molecule has 0 amide bonds. The summed E-state index contributed by atoms with van der Waals surface area (Å²) in [4.78, 5) is 13.1. The zero-order chi connectivity index (χ0) is 11.4. The van der Waals surface area contributed by atoms with Crippen LogP contribution in [0.2, 0.25) is 0 Å². The van der Waals surface area contributed by atoms with Gasteiger partial charge in [0.15, 0.2) is 0 Å². The second kappa shape index (κ2) is 4.79. The van der Waals surface area contributed by atoms with E-state index in [2.05, 4.69) is 17.0 Å². The maximum absolute atomic E-state index is 11.0. The number of hydrogen-bond donors (Lipinski definition) is 0. The van der Waals surface area contributed by atoms with Crippen LogP contribution < -0.4 is 0 Å². The summed E-state index contributed by atoms with van der Waals surface area (Å²) in [5.41, 5.74) is 2.09. The highest BCUT2D eigenvalue weighted by Gasteiger charge is 2.19. The summed E-state index contributed by atoms with van der Waals surface area (Å²) >= 11 is 0. The Bertz CT molecular complexity index is 420. The summed E-state index contributed by atoms with van der Waals surface area (Å²) in [5, 5.41) is 0. The second-order valence-corrected chi connectivity index (χ2v) is 4.00. The highest BCUT2D eigenvalue weighted by atomic mass is 16.1. The number of carbonyl (C=O) groups excluding carboxylic acids is 1. The van der Waals surface area contributed by atoms with Gasteiger partial charge in [-0.1, -0.05) is 36.4 Å². The first-order valence-electron chi connectivity index (χ1n) is 5.40. The van der Waals surface area contributed by atoms with E-state index in [4.69, 9.17) is 0 Å². The van der Waals surface area contributed by atoms with Crippen molar-refractivity contribution in [3.8, 4) is 0 Å². The predicted molar refractivity (Wildman–Crippen MR) is 65.0 cm³/mol. The lowest BCUT2D eigenvalue weighted by molar-refractivity contribution is -0.105. The number of hydrogen-bond acceptors (Lipinski definition) is 2. The molecular formula is C14H15NO. The molecule has 2 heteroatoms. The van der Waals surface area contributed by atoms with Gasteiger partial charge in [0.2, 0.25) is 0 Å². The van der Waals surface area contributed by atoms with Crippen molar-refractivity contribution in [3.05, 3.63) is 59.8 Å². The summed E-state index contributed by atoms with van der Waals surface area (Å²) in [7, 11) is 2.00. The average Bonchev–Trinajstić information content (AvgIpc) is 2.33. The first kappa shape index (κ1) is 10.7. The van der Waals surface area contributed by atoms with Gasteiger partial charge in [-0.15, -0.1) is 0 Å². The van der Waals surface area contributed by atoms with Crippen LogP contribution in [0.5, 0.6) is 0 Å². The van der Waals surface area contributed by atoms with Crippen LogP contribution in [0.4, 0.5) is 0 Å². The molecule has 16 heavy (non-hydrogen) atoms. The Morgan fingerprint density at radius 3 is 2.75 bits per heavy atom. The van der Waals surface area contributed by atoms with Crippen LogP contribution in [0, 0.1) is 0 Å². The summed E-state index contributed by atoms with van der Waals surface area (Å²) < 4.78 is 0. The molecule has 2 nitrogen and oxygen atoms in total. The van der Waals surface area contributed by atoms with Crippen LogP contribution in [0.1, 0.15) is 5.56 Å². The van der Waals surface area contributed by atoms with Crippen molar-refractivity contribution in [2.24, 2.45) is 0 Å². The Morgan fingerprint density at radius 2 is 2.06 bits per heavy atom. The fourth-order valence-electron chi connectivity index (χ4n) is 1.96. The van der Waals surface area contributed by atoms with E-state index < -0.39 is 0 Å². The molecule has 1 aromatic carbocycles. The third kappa shape index (κ3) is 2.22. The summed E-state index contributed by atoms with van der Waals surface area (Å²) in [6, 6.07) is 10.4. The van der Waals surface area contributed by atoms with Crippen LogP contribution in [0.3, 0.4) is 0 Å². The van der Waals surface area contributed by atoms with Gasteiger partial charge in [0.25, 0.3) is 0 Å². The molecule has 1 atom stereocenters. The fourth-order valence-corrected chi connectivity index (χ4v) is 1.96. The third-order valence-electron chi connectivity index (χ3n) is 2.89. The van der Waals surface area contributed by atoms with Crippen molar-refractivity contribution >= 4 is 6.29 Å². The smallest absolute Gasteiger partial charge is 0.148 e. The summed E-state index contributed by atoms with van der Waals surface area (Å²) in [6.45, 7) is 0. The zero-order valence-corrected chi connectivity index (χ0v) is 9.34. The van der Waals surface area contributed by atoms with Crippen LogP contribution in [-0.2, 0) is 11.2 Å². The van der Waals surface area contributed by atoms with Crippen LogP contribution in [0.25, 0.3) is 0 Å². The molecule has 82 valence electrons. The van der Waals surface area contributed by atoms with E-state index in [0.717, 1.165) is 18.3 Å². The zero-order valence-electron chi connectivity index (χ0n) is 9.34. The van der Waals surface area contributed by atoms with E-state index >= 15 is 0 Å².